The predicted octanol–water partition coefficient (Wildman–Crippen LogP) is 15.0. The SMILES string of the molecule is CCCCCCC/C=C\C/C=C\C/C=C\CCCCCCCCCCCCCCCCCCC(=O)NC(COP(=O)(O)OCC[N+](C)(C)C)C(O)CCCCCCCCCC. The Morgan fingerprint density at radius 2 is 0.934 bits per heavy atom. The molecule has 0 heterocycles. The zero-order valence-electron chi connectivity index (χ0n) is 40.9. The van der Waals surface area contributed by atoms with Gasteiger partial charge in [0.2, 0.25) is 5.91 Å². The Bertz CT molecular complexity index is 1090. The number of unbranched alkanes of at least 4 members (excludes halogenated alkanes) is 28. The molecule has 3 N–H and O–H groups in total. The number of nitrogens with one attached hydrogen (secondary N) is 1. The van der Waals surface area contributed by atoms with Crippen LogP contribution >= 0.6 is 7.82 Å². The van der Waals surface area contributed by atoms with Crippen LogP contribution in [0.3, 0.4) is 0 Å². The molecule has 0 aromatic rings. The fraction of sp³-hybridized carbons (Fsp3) is 0.865. The van der Waals surface area contributed by atoms with Gasteiger partial charge in [-0.05, 0) is 51.4 Å². The molecule has 0 fully saturated rings. The summed E-state index contributed by atoms with van der Waals surface area (Å²) in [6.07, 6.45) is 55.0. The Morgan fingerprint density at radius 3 is 1.36 bits per heavy atom. The molecule has 0 saturated carbocycles. The van der Waals surface area contributed by atoms with E-state index in [9.17, 15) is 19.4 Å². The lowest BCUT2D eigenvalue weighted by Crippen LogP contribution is -2.46. The third-order valence-corrected chi connectivity index (χ3v) is 12.6. The highest BCUT2D eigenvalue weighted by molar-refractivity contribution is 7.47. The van der Waals surface area contributed by atoms with Crippen molar-refractivity contribution in [2.45, 2.75) is 251 Å². The number of carbonyl (C=O) groups is 1. The van der Waals surface area contributed by atoms with Crippen molar-refractivity contribution < 1.29 is 32.9 Å². The largest absolute Gasteiger partial charge is 0.472 e. The molecule has 0 aliphatic carbocycles. The molecule has 0 saturated heterocycles. The molecule has 8 nitrogen and oxygen atoms in total. The average molecular weight is 882 g/mol. The van der Waals surface area contributed by atoms with E-state index in [2.05, 4.69) is 55.6 Å². The number of phosphoric acid groups is 1. The molecular formula is C52H102N2O6P+. The van der Waals surface area contributed by atoms with Gasteiger partial charge in [0.25, 0.3) is 0 Å². The zero-order chi connectivity index (χ0) is 45.0. The van der Waals surface area contributed by atoms with E-state index in [0.717, 1.165) is 51.4 Å². The van der Waals surface area contributed by atoms with Crippen molar-refractivity contribution in [3.05, 3.63) is 36.5 Å². The van der Waals surface area contributed by atoms with Gasteiger partial charge in [-0.1, -0.05) is 217 Å². The van der Waals surface area contributed by atoms with Crippen LogP contribution in [0.2, 0.25) is 0 Å². The molecule has 0 aliphatic heterocycles. The van der Waals surface area contributed by atoms with Gasteiger partial charge in [0.15, 0.2) is 0 Å². The molecule has 61 heavy (non-hydrogen) atoms. The first-order valence-electron chi connectivity index (χ1n) is 25.9. The Labute approximate surface area is 378 Å². The van der Waals surface area contributed by atoms with Crippen molar-refractivity contribution in [1.82, 2.24) is 5.32 Å². The topological polar surface area (TPSA) is 105 Å². The van der Waals surface area contributed by atoms with E-state index in [-0.39, 0.29) is 19.1 Å². The van der Waals surface area contributed by atoms with Gasteiger partial charge in [-0.2, -0.15) is 0 Å². The van der Waals surface area contributed by atoms with Gasteiger partial charge in [-0.3, -0.25) is 13.8 Å². The molecular weight excluding hydrogens is 780 g/mol. The van der Waals surface area contributed by atoms with E-state index >= 15 is 0 Å². The summed E-state index contributed by atoms with van der Waals surface area (Å²) >= 11 is 0. The normalized spacial score (nSPS) is 14.4. The molecule has 0 aromatic carbocycles. The van der Waals surface area contributed by atoms with E-state index in [1.807, 2.05) is 21.1 Å². The molecule has 3 atom stereocenters. The number of aliphatic hydroxyl groups excluding tert-OH is 1. The number of aliphatic hydroxyl groups is 1. The summed E-state index contributed by atoms with van der Waals surface area (Å²) in [4.78, 5) is 23.1. The van der Waals surface area contributed by atoms with Crippen LogP contribution in [0.5, 0.6) is 0 Å². The lowest BCUT2D eigenvalue weighted by atomic mass is 10.0. The molecule has 0 bridgehead atoms. The highest BCUT2D eigenvalue weighted by Crippen LogP contribution is 2.43. The lowest BCUT2D eigenvalue weighted by Gasteiger charge is -2.26. The molecule has 360 valence electrons. The quantitative estimate of drug-likeness (QED) is 0.0243. The van der Waals surface area contributed by atoms with Gasteiger partial charge in [0.1, 0.15) is 13.2 Å². The summed E-state index contributed by atoms with van der Waals surface area (Å²) in [7, 11) is 1.62. The lowest BCUT2D eigenvalue weighted by molar-refractivity contribution is -0.870. The van der Waals surface area contributed by atoms with Gasteiger partial charge in [0.05, 0.1) is 39.9 Å². The van der Waals surface area contributed by atoms with E-state index < -0.39 is 20.0 Å². The molecule has 0 radical (unpaired) electrons. The van der Waals surface area contributed by atoms with Crippen molar-refractivity contribution in [3.63, 3.8) is 0 Å². The van der Waals surface area contributed by atoms with Gasteiger partial charge in [0, 0.05) is 6.42 Å². The Hall–Kier alpha value is -1.28. The first kappa shape index (κ1) is 59.7. The number of likely N-dealkylation sites (N-methyl/N-ethyl adjacent to an activating group) is 1. The number of rotatable bonds is 47. The second kappa shape index (κ2) is 43.9. The molecule has 0 spiro atoms. The molecule has 3 unspecified atom stereocenters. The van der Waals surface area contributed by atoms with Gasteiger partial charge in [-0.15, -0.1) is 0 Å². The Kier molecular flexibility index (Phi) is 43.0. The Balaban J connectivity index is 3.94. The zero-order valence-corrected chi connectivity index (χ0v) is 41.8. The van der Waals surface area contributed by atoms with E-state index in [1.54, 1.807) is 0 Å². The second-order valence-corrected chi connectivity index (χ2v) is 20.4. The maximum Gasteiger partial charge on any atom is 0.472 e. The van der Waals surface area contributed by atoms with Crippen LogP contribution in [0.1, 0.15) is 239 Å². The molecule has 1 amide bonds. The first-order chi connectivity index (χ1) is 29.5. The van der Waals surface area contributed by atoms with Crippen LogP contribution < -0.4 is 5.32 Å². The molecule has 0 aromatic heterocycles. The third kappa shape index (κ3) is 46.5. The number of carbonyl (C=O) groups excluding carboxylic acids is 1. The number of hydrogen-bond acceptors (Lipinski definition) is 5. The number of allylic oxidation sites excluding steroid dienone is 6. The number of hydrogen-bond donors (Lipinski definition) is 3. The smallest absolute Gasteiger partial charge is 0.391 e. The summed E-state index contributed by atoms with van der Waals surface area (Å²) in [6.45, 7) is 4.85. The minimum Gasteiger partial charge on any atom is -0.391 e. The second-order valence-electron chi connectivity index (χ2n) is 18.9. The predicted molar refractivity (Wildman–Crippen MR) is 263 cm³/mol. The minimum atomic E-state index is -4.31. The summed E-state index contributed by atoms with van der Waals surface area (Å²) in [5.41, 5.74) is 0. The highest BCUT2D eigenvalue weighted by atomic mass is 31.2. The summed E-state index contributed by atoms with van der Waals surface area (Å²) in [5, 5.41) is 13.9. The average Bonchev–Trinajstić information content (AvgIpc) is 3.21. The number of quaternary nitrogens is 1. The maximum atomic E-state index is 12.9. The number of phosphoric ester groups is 1. The van der Waals surface area contributed by atoms with E-state index in [4.69, 9.17) is 9.05 Å². The van der Waals surface area contributed by atoms with Crippen LogP contribution in [0, 0.1) is 0 Å². The van der Waals surface area contributed by atoms with Crippen molar-refractivity contribution in [1.29, 1.82) is 0 Å². The van der Waals surface area contributed by atoms with Gasteiger partial charge >= 0.3 is 7.82 Å². The molecule has 9 heteroatoms. The van der Waals surface area contributed by atoms with Crippen molar-refractivity contribution in [2.24, 2.45) is 0 Å². The minimum absolute atomic E-state index is 0.0749. The highest BCUT2D eigenvalue weighted by Gasteiger charge is 2.28. The van der Waals surface area contributed by atoms with Crippen LogP contribution in [0.4, 0.5) is 0 Å². The number of nitrogens with zero attached hydrogens (tertiary/aromatic N) is 1. The first-order valence-corrected chi connectivity index (χ1v) is 27.3. The van der Waals surface area contributed by atoms with Crippen LogP contribution in [-0.4, -0.2) is 73.4 Å². The number of amides is 1. The third-order valence-electron chi connectivity index (χ3n) is 11.6. The van der Waals surface area contributed by atoms with Gasteiger partial charge < -0.3 is 19.8 Å². The van der Waals surface area contributed by atoms with Crippen LogP contribution in [0.15, 0.2) is 36.5 Å². The monoisotopic (exact) mass is 882 g/mol. The summed E-state index contributed by atoms with van der Waals surface area (Å²) < 4.78 is 23.6. The summed E-state index contributed by atoms with van der Waals surface area (Å²) in [5.74, 6) is -0.147. The van der Waals surface area contributed by atoms with Crippen molar-refractivity contribution in [3.8, 4) is 0 Å². The van der Waals surface area contributed by atoms with Crippen molar-refractivity contribution in [2.75, 3.05) is 40.9 Å². The molecule has 0 aliphatic rings. The Morgan fingerprint density at radius 1 is 0.557 bits per heavy atom. The van der Waals surface area contributed by atoms with Crippen molar-refractivity contribution >= 4 is 13.7 Å². The fourth-order valence-corrected chi connectivity index (χ4v) is 8.26. The molecule has 0 rings (SSSR count). The van der Waals surface area contributed by atoms with Crippen LogP contribution in [0.25, 0.3) is 0 Å². The summed E-state index contributed by atoms with van der Waals surface area (Å²) in [6, 6.07) is -0.757. The standard InChI is InChI=1S/C52H101N2O6P/c1-6-8-10-12-14-16-17-18-19-20-21-22-23-24-25-26-27-28-29-30-31-32-33-34-35-36-37-38-40-42-44-46-52(56)53-50(49-60-61(57,58)59-48-47-54(3,4)5)51(55)45-43-41-39-15-13-11-9-7-2/h17-18,20-21,23-24,50-51,55H,6-16,19,22,25-49H2,1-5H3,(H-,53,56,57,58)/p+1/b18-17-,21-20-,24-23-. The van der Waals surface area contributed by atoms with Gasteiger partial charge in [-0.25, -0.2) is 4.57 Å². The van der Waals surface area contributed by atoms with E-state index in [1.165, 1.54) is 161 Å². The fourth-order valence-electron chi connectivity index (χ4n) is 7.52. The maximum absolute atomic E-state index is 12.9. The van der Waals surface area contributed by atoms with Crippen LogP contribution in [-0.2, 0) is 18.4 Å². The van der Waals surface area contributed by atoms with E-state index in [0.29, 0.717) is 23.9 Å².